The van der Waals surface area contributed by atoms with Gasteiger partial charge in [0.05, 0.1) is 33.6 Å². The summed E-state index contributed by atoms with van der Waals surface area (Å²) in [6.45, 7) is 0.399. The van der Waals surface area contributed by atoms with Crippen LogP contribution in [0.2, 0.25) is 0 Å². The van der Waals surface area contributed by atoms with E-state index in [1.54, 1.807) is 18.4 Å². The van der Waals surface area contributed by atoms with Crippen LogP contribution in [-0.2, 0) is 0 Å². The molecule has 2 aromatic rings. The topological polar surface area (TPSA) is 73.2 Å². The Morgan fingerprint density at radius 2 is 1.80 bits per heavy atom. The lowest BCUT2D eigenvalue weighted by Gasteiger charge is -2.22. The molecule has 1 N–H and O–H groups in total. The summed E-state index contributed by atoms with van der Waals surface area (Å²) < 4.78 is 21.3. The summed E-state index contributed by atoms with van der Waals surface area (Å²) in [6, 6.07) is 6.88. The second-order valence-corrected chi connectivity index (χ2v) is 5.62. The molecule has 1 aromatic carbocycles. The number of ether oxygens (including phenoxy) is 3. The first kappa shape index (κ1) is 18.7. The van der Waals surface area contributed by atoms with Gasteiger partial charge >= 0.3 is 0 Å². The normalized spacial score (nSPS) is 11.9. The third kappa shape index (κ3) is 4.24. The number of benzene rings is 1. The lowest BCUT2D eigenvalue weighted by atomic mass is 10.1. The molecule has 0 aliphatic heterocycles. The average Bonchev–Trinajstić information content (AvgIpc) is 3.14. The standard InChI is InChI=1S/C18H24N2O5/c1-20(2)13(14-7-6-8-25-14)11-19-18(21)12-9-15(22-3)17(24-5)16(10-12)23-4/h6-10,13H,11H2,1-5H3,(H,19,21)/t13-/m0/s1. The van der Waals surface area contributed by atoms with Gasteiger partial charge in [0.2, 0.25) is 5.75 Å². The first-order chi connectivity index (χ1) is 12.0. The number of nitrogens with zero attached hydrogens (tertiary/aromatic N) is 1. The Morgan fingerprint density at radius 3 is 2.24 bits per heavy atom. The molecule has 1 aromatic heterocycles. The third-order valence-corrected chi connectivity index (χ3v) is 3.88. The maximum Gasteiger partial charge on any atom is 0.251 e. The van der Waals surface area contributed by atoms with Crippen molar-refractivity contribution in [1.82, 2.24) is 10.2 Å². The minimum absolute atomic E-state index is 0.0685. The Labute approximate surface area is 147 Å². The summed E-state index contributed by atoms with van der Waals surface area (Å²) in [7, 11) is 8.40. The number of methoxy groups -OCH3 is 3. The van der Waals surface area contributed by atoms with Crippen molar-refractivity contribution in [3.05, 3.63) is 41.9 Å². The van der Waals surface area contributed by atoms with Crippen LogP contribution < -0.4 is 19.5 Å². The molecular weight excluding hydrogens is 324 g/mol. The molecule has 0 unspecified atom stereocenters. The van der Waals surface area contributed by atoms with Crippen molar-refractivity contribution in [1.29, 1.82) is 0 Å². The van der Waals surface area contributed by atoms with Crippen LogP contribution in [0.1, 0.15) is 22.2 Å². The molecule has 7 heteroatoms. The number of hydrogen-bond acceptors (Lipinski definition) is 6. The molecule has 2 rings (SSSR count). The number of carbonyl (C=O) groups is 1. The first-order valence-electron chi connectivity index (χ1n) is 7.79. The van der Waals surface area contributed by atoms with Gasteiger partial charge in [0, 0.05) is 12.1 Å². The minimum atomic E-state index is -0.238. The highest BCUT2D eigenvalue weighted by Crippen LogP contribution is 2.38. The Balaban J connectivity index is 2.17. The Hall–Kier alpha value is -2.67. The Bertz CT molecular complexity index is 672. The number of likely N-dealkylation sites (N-methyl/N-ethyl adjacent to an activating group) is 1. The zero-order chi connectivity index (χ0) is 18.4. The average molecular weight is 348 g/mol. The molecule has 1 heterocycles. The molecule has 0 aliphatic rings. The lowest BCUT2D eigenvalue weighted by molar-refractivity contribution is 0.0938. The van der Waals surface area contributed by atoms with E-state index in [0.29, 0.717) is 29.4 Å². The van der Waals surface area contributed by atoms with Gasteiger partial charge in [-0.25, -0.2) is 0 Å². The summed E-state index contributed by atoms with van der Waals surface area (Å²) in [6.07, 6.45) is 1.62. The summed E-state index contributed by atoms with van der Waals surface area (Å²) in [5, 5.41) is 2.92. The molecule has 0 aliphatic carbocycles. The molecule has 7 nitrogen and oxygen atoms in total. The highest BCUT2D eigenvalue weighted by Gasteiger charge is 2.20. The van der Waals surface area contributed by atoms with Crippen molar-refractivity contribution >= 4 is 5.91 Å². The first-order valence-corrected chi connectivity index (χ1v) is 7.79. The molecule has 1 atom stereocenters. The van der Waals surface area contributed by atoms with E-state index in [1.807, 2.05) is 31.1 Å². The molecule has 1 amide bonds. The molecule has 0 saturated carbocycles. The number of rotatable bonds is 8. The van der Waals surface area contributed by atoms with E-state index < -0.39 is 0 Å². The fourth-order valence-corrected chi connectivity index (χ4v) is 2.52. The minimum Gasteiger partial charge on any atom is -0.493 e. The highest BCUT2D eigenvalue weighted by molar-refractivity contribution is 5.95. The SMILES string of the molecule is COc1cc(C(=O)NC[C@@H](c2ccco2)N(C)C)cc(OC)c1OC. The fourth-order valence-electron chi connectivity index (χ4n) is 2.52. The van der Waals surface area contributed by atoms with Crippen molar-refractivity contribution in [3.63, 3.8) is 0 Å². The van der Waals surface area contributed by atoms with E-state index in [1.165, 1.54) is 21.3 Å². The summed E-state index contributed by atoms with van der Waals surface area (Å²) >= 11 is 0. The molecular formula is C18H24N2O5. The molecule has 0 spiro atoms. The summed E-state index contributed by atoms with van der Waals surface area (Å²) in [5.74, 6) is 1.86. The van der Waals surface area contributed by atoms with Crippen molar-refractivity contribution < 1.29 is 23.4 Å². The number of furan rings is 1. The molecule has 0 saturated heterocycles. The Kier molecular flexibility index (Phi) is 6.30. The van der Waals surface area contributed by atoms with Gasteiger partial charge < -0.3 is 23.9 Å². The Morgan fingerprint density at radius 1 is 1.16 bits per heavy atom. The molecule has 0 radical (unpaired) electrons. The van der Waals surface area contributed by atoms with Crippen LogP contribution in [0.25, 0.3) is 0 Å². The third-order valence-electron chi connectivity index (χ3n) is 3.88. The zero-order valence-corrected chi connectivity index (χ0v) is 15.2. The second-order valence-electron chi connectivity index (χ2n) is 5.62. The highest BCUT2D eigenvalue weighted by atomic mass is 16.5. The van der Waals surface area contributed by atoms with Gasteiger partial charge in [-0.2, -0.15) is 0 Å². The maximum atomic E-state index is 12.6. The van der Waals surface area contributed by atoms with E-state index in [2.05, 4.69) is 5.32 Å². The van der Waals surface area contributed by atoms with Crippen LogP contribution in [-0.4, -0.2) is 52.8 Å². The number of amides is 1. The van der Waals surface area contributed by atoms with Crippen molar-refractivity contribution in [2.45, 2.75) is 6.04 Å². The van der Waals surface area contributed by atoms with Gasteiger partial charge in [-0.05, 0) is 38.4 Å². The molecule has 136 valence electrons. The predicted octanol–water partition coefficient (Wildman–Crippen LogP) is 2.34. The summed E-state index contributed by atoms with van der Waals surface area (Å²) in [5.41, 5.74) is 0.423. The molecule has 0 bridgehead atoms. The molecule has 0 fully saturated rings. The number of nitrogens with one attached hydrogen (secondary N) is 1. The number of carbonyl (C=O) groups excluding carboxylic acids is 1. The van der Waals surface area contributed by atoms with Gasteiger partial charge in [-0.1, -0.05) is 0 Å². The van der Waals surface area contributed by atoms with E-state index in [-0.39, 0.29) is 11.9 Å². The zero-order valence-electron chi connectivity index (χ0n) is 15.2. The smallest absolute Gasteiger partial charge is 0.251 e. The van der Waals surface area contributed by atoms with Gasteiger partial charge in [0.1, 0.15) is 5.76 Å². The van der Waals surface area contributed by atoms with Crippen LogP contribution in [0.15, 0.2) is 34.9 Å². The number of hydrogen-bond donors (Lipinski definition) is 1. The van der Waals surface area contributed by atoms with Crippen LogP contribution in [0, 0.1) is 0 Å². The van der Waals surface area contributed by atoms with Crippen LogP contribution >= 0.6 is 0 Å². The van der Waals surface area contributed by atoms with Crippen molar-refractivity contribution in [2.24, 2.45) is 0 Å². The van der Waals surface area contributed by atoms with Crippen molar-refractivity contribution in [2.75, 3.05) is 42.0 Å². The second kappa shape index (κ2) is 8.43. The van der Waals surface area contributed by atoms with Crippen LogP contribution in [0.3, 0.4) is 0 Å². The maximum absolute atomic E-state index is 12.6. The van der Waals surface area contributed by atoms with Gasteiger partial charge in [-0.3, -0.25) is 9.69 Å². The van der Waals surface area contributed by atoms with E-state index in [9.17, 15) is 4.79 Å². The molecule has 25 heavy (non-hydrogen) atoms. The van der Waals surface area contributed by atoms with Crippen LogP contribution in [0.4, 0.5) is 0 Å². The monoisotopic (exact) mass is 348 g/mol. The van der Waals surface area contributed by atoms with Crippen LogP contribution in [0.5, 0.6) is 17.2 Å². The quantitative estimate of drug-likeness (QED) is 0.789. The largest absolute Gasteiger partial charge is 0.493 e. The fraction of sp³-hybridized carbons (Fsp3) is 0.389. The predicted molar refractivity (Wildman–Crippen MR) is 93.6 cm³/mol. The van der Waals surface area contributed by atoms with E-state index >= 15 is 0 Å². The van der Waals surface area contributed by atoms with Gasteiger partial charge in [-0.15, -0.1) is 0 Å². The van der Waals surface area contributed by atoms with Gasteiger partial charge in [0.15, 0.2) is 11.5 Å². The van der Waals surface area contributed by atoms with Gasteiger partial charge in [0.25, 0.3) is 5.91 Å². The summed E-state index contributed by atoms with van der Waals surface area (Å²) in [4.78, 5) is 14.5. The van der Waals surface area contributed by atoms with E-state index in [4.69, 9.17) is 18.6 Å². The lowest BCUT2D eigenvalue weighted by Crippen LogP contribution is -2.34. The van der Waals surface area contributed by atoms with E-state index in [0.717, 1.165) is 5.76 Å². The van der Waals surface area contributed by atoms with Crippen molar-refractivity contribution in [3.8, 4) is 17.2 Å².